The Morgan fingerprint density at radius 2 is 2.20 bits per heavy atom. The summed E-state index contributed by atoms with van der Waals surface area (Å²) in [7, 11) is 0. The largest absolute Gasteiger partial charge is 0.262 e. The first kappa shape index (κ1) is 10.2. The van der Waals surface area contributed by atoms with Gasteiger partial charge in [0.2, 0.25) is 0 Å². The van der Waals surface area contributed by atoms with Crippen molar-refractivity contribution in [2.45, 2.75) is 33.1 Å². The van der Waals surface area contributed by atoms with Crippen LogP contribution in [-0.4, -0.2) is 24.8 Å². The van der Waals surface area contributed by atoms with E-state index in [0.717, 1.165) is 22.8 Å². The predicted molar refractivity (Wildman–Crippen MR) is 58.8 cm³/mol. The van der Waals surface area contributed by atoms with Gasteiger partial charge >= 0.3 is 0 Å². The lowest BCUT2D eigenvalue weighted by atomic mass is 10.2. The fourth-order valence-electron chi connectivity index (χ4n) is 1.24. The predicted octanol–water partition coefficient (Wildman–Crippen LogP) is 2.01. The van der Waals surface area contributed by atoms with Gasteiger partial charge < -0.3 is 0 Å². The summed E-state index contributed by atoms with van der Waals surface area (Å²) in [6.45, 7) is 6.21. The van der Waals surface area contributed by atoms with E-state index in [2.05, 4.69) is 45.5 Å². The van der Waals surface area contributed by atoms with E-state index in [-0.39, 0.29) is 0 Å². The van der Waals surface area contributed by atoms with E-state index in [0.29, 0.717) is 11.7 Å². The maximum absolute atomic E-state index is 4.42. The molecule has 80 valence electrons. The van der Waals surface area contributed by atoms with E-state index in [9.17, 15) is 0 Å². The molecule has 0 bridgehead atoms. The molecule has 0 fully saturated rings. The highest BCUT2D eigenvalue weighted by Gasteiger charge is 2.14. The minimum atomic E-state index is 0.359. The molecule has 0 aliphatic heterocycles. The topological polar surface area (TPSA) is 67.3 Å². The molecule has 2 heterocycles. The molecular weight excluding hydrogens is 210 g/mol. The molecule has 0 atom stereocenters. The summed E-state index contributed by atoms with van der Waals surface area (Å²) >= 11 is 1.35. The third kappa shape index (κ3) is 1.90. The SMILES string of the molecule is CCc1nnsc1-c1n[nH]c(C(C)C)n1. The van der Waals surface area contributed by atoms with Crippen LogP contribution in [0.1, 0.15) is 38.2 Å². The molecule has 1 N–H and O–H groups in total. The number of H-pyrrole nitrogens is 1. The summed E-state index contributed by atoms with van der Waals surface area (Å²) < 4.78 is 3.92. The van der Waals surface area contributed by atoms with Crippen molar-refractivity contribution in [2.24, 2.45) is 0 Å². The molecule has 0 radical (unpaired) electrons. The number of aromatic nitrogens is 5. The Balaban J connectivity index is 2.37. The summed E-state index contributed by atoms with van der Waals surface area (Å²) in [5, 5.41) is 11.2. The second-order valence-electron chi connectivity index (χ2n) is 3.60. The smallest absolute Gasteiger partial charge is 0.194 e. The number of aromatic amines is 1. The Morgan fingerprint density at radius 3 is 2.80 bits per heavy atom. The zero-order valence-electron chi connectivity index (χ0n) is 8.98. The molecule has 0 spiro atoms. The highest BCUT2D eigenvalue weighted by molar-refractivity contribution is 7.09. The van der Waals surface area contributed by atoms with Crippen molar-refractivity contribution >= 4 is 11.5 Å². The fraction of sp³-hybridized carbons (Fsp3) is 0.556. The van der Waals surface area contributed by atoms with Crippen molar-refractivity contribution in [1.29, 1.82) is 0 Å². The van der Waals surface area contributed by atoms with Crippen LogP contribution in [0.5, 0.6) is 0 Å². The van der Waals surface area contributed by atoms with Crippen LogP contribution < -0.4 is 0 Å². The molecule has 5 nitrogen and oxygen atoms in total. The van der Waals surface area contributed by atoms with Gasteiger partial charge in [-0.05, 0) is 18.0 Å². The van der Waals surface area contributed by atoms with Crippen LogP contribution in [0.2, 0.25) is 0 Å². The van der Waals surface area contributed by atoms with E-state index in [1.54, 1.807) is 0 Å². The zero-order chi connectivity index (χ0) is 10.8. The van der Waals surface area contributed by atoms with Gasteiger partial charge in [0.15, 0.2) is 5.82 Å². The Hall–Kier alpha value is -1.30. The van der Waals surface area contributed by atoms with Gasteiger partial charge in [-0.15, -0.1) is 5.10 Å². The van der Waals surface area contributed by atoms with Gasteiger partial charge in [0.1, 0.15) is 10.7 Å². The second-order valence-corrected chi connectivity index (χ2v) is 4.36. The molecule has 0 saturated heterocycles. The first-order valence-electron chi connectivity index (χ1n) is 4.96. The molecular formula is C9H13N5S. The number of aryl methyl sites for hydroxylation is 1. The van der Waals surface area contributed by atoms with Gasteiger partial charge in [0.05, 0.1) is 5.69 Å². The van der Waals surface area contributed by atoms with E-state index < -0.39 is 0 Å². The molecule has 0 aromatic carbocycles. The molecule has 0 saturated carbocycles. The number of nitrogens with one attached hydrogen (secondary N) is 1. The average Bonchev–Trinajstić information content (AvgIpc) is 2.85. The van der Waals surface area contributed by atoms with E-state index >= 15 is 0 Å². The van der Waals surface area contributed by atoms with Crippen LogP contribution in [0.4, 0.5) is 0 Å². The zero-order valence-corrected chi connectivity index (χ0v) is 9.80. The Kier molecular flexibility index (Phi) is 2.77. The first-order chi connectivity index (χ1) is 7.22. The molecule has 0 aliphatic carbocycles. The van der Waals surface area contributed by atoms with Crippen molar-refractivity contribution in [3.8, 4) is 10.7 Å². The number of rotatable bonds is 3. The van der Waals surface area contributed by atoms with Crippen molar-refractivity contribution in [2.75, 3.05) is 0 Å². The normalized spacial score (nSPS) is 11.2. The molecule has 0 amide bonds. The lowest BCUT2D eigenvalue weighted by molar-refractivity contribution is 0.781. The maximum atomic E-state index is 4.42. The standard InChI is InChI=1S/C9H13N5S/c1-4-6-7(15-14-11-6)9-10-8(5(2)3)12-13-9/h5H,4H2,1-3H3,(H,10,12,13). The quantitative estimate of drug-likeness (QED) is 0.864. The highest BCUT2D eigenvalue weighted by atomic mass is 32.1. The summed E-state index contributed by atoms with van der Waals surface area (Å²) in [5.74, 6) is 1.98. The van der Waals surface area contributed by atoms with Crippen LogP contribution in [-0.2, 0) is 6.42 Å². The van der Waals surface area contributed by atoms with E-state index in [4.69, 9.17) is 0 Å². The molecule has 6 heteroatoms. The summed E-state index contributed by atoms with van der Waals surface area (Å²) in [4.78, 5) is 5.40. The molecule has 2 aromatic heterocycles. The van der Waals surface area contributed by atoms with Crippen LogP contribution in [0, 0.1) is 0 Å². The number of hydrogen-bond acceptors (Lipinski definition) is 5. The first-order valence-corrected chi connectivity index (χ1v) is 5.73. The summed E-state index contributed by atoms with van der Waals surface area (Å²) in [5.41, 5.74) is 0.967. The number of nitrogens with zero attached hydrogens (tertiary/aromatic N) is 4. The molecule has 0 aliphatic rings. The van der Waals surface area contributed by atoms with Crippen LogP contribution >= 0.6 is 11.5 Å². The molecule has 2 rings (SSSR count). The van der Waals surface area contributed by atoms with E-state index in [1.165, 1.54) is 11.5 Å². The van der Waals surface area contributed by atoms with Gasteiger partial charge in [0, 0.05) is 5.92 Å². The van der Waals surface area contributed by atoms with Gasteiger partial charge in [-0.25, -0.2) is 4.98 Å². The third-order valence-corrected chi connectivity index (χ3v) is 2.91. The summed E-state index contributed by atoms with van der Waals surface area (Å²) in [6, 6.07) is 0. The fourth-order valence-corrected chi connectivity index (χ4v) is 1.93. The van der Waals surface area contributed by atoms with Gasteiger partial charge in [-0.3, -0.25) is 5.10 Å². The van der Waals surface area contributed by atoms with Crippen molar-refractivity contribution < 1.29 is 0 Å². The molecule has 0 unspecified atom stereocenters. The Labute approximate surface area is 92.1 Å². The minimum absolute atomic E-state index is 0.359. The lowest BCUT2D eigenvalue weighted by Gasteiger charge is -1.95. The Bertz CT molecular complexity index is 445. The second kappa shape index (κ2) is 4.06. The monoisotopic (exact) mass is 223 g/mol. The average molecular weight is 223 g/mol. The van der Waals surface area contributed by atoms with Crippen molar-refractivity contribution in [1.82, 2.24) is 24.8 Å². The van der Waals surface area contributed by atoms with Crippen LogP contribution in [0.3, 0.4) is 0 Å². The molecule has 2 aromatic rings. The van der Waals surface area contributed by atoms with Gasteiger partial charge in [-0.2, -0.15) is 5.10 Å². The van der Waals surface area contributed by atoms with Gasteiger partial charge in [0.25, 0.3) is 0 Å². The van der Waals surface area contributed by atoms with Crippen molar-refractivity contribution in [3.63, 3.8) is 0 Å². The molecule has 15 heavy (non-hydrogen) atoms. The highest BCUT2D eigenvalue weighted by Crippen LogP contribution is 2.23. The number of hydrogen-bond donors (Lipinski definition) is 1. The van der Waals surface area contributed by atoms with Crippen LogP contribution in [0.15, 0.2) is 0 Å². The van der Waals surface area contributed by atoms with E-state index in [1.807, 2.05) is 0 Å². The third-order valence-electron chi connectivity index (χ3n) is 2.14. The van der Waals surface area contributed by atoms with Gasteiger partial charge in [-0.1, -0.05) is 25.3 Å². The summed E-state index contributed by atoms with van der Waals surface area (Å²) in [6.07, 6.45) is 0.859. The Morgan fingerprint density at radius 1 is 1.40 bits per heavy atom. The van der Waals surface area contributed by atoms with Crippen molar-refractivity contribution in [3.05, 3.63) is 11.5 Å². The maximum Gasteiger partial charge on any atom is 0.194 e. The van der Waals surface area contributed by atoms with Crippen LogP contribution in [0.25, 0.3) is 10.7 Å². The lowest BCUT2D eigenvalue weighted by Crippen LogP contribution is -1.89. The minimum Gasteiger partial charge on any atom is -0.262 e.